The summed E-state index contributed by atoms with van der Waals surface area (Å²) >= 11 is 0. The van der Waals surface area contributed by atoms with Crippen LogP contribution in [0.2, 0.25) is 0 Å². The highest BCUT2D eigenvalue weighted by Crippen LogP contribution is 2.08. The van der Waals surface area contributed by atoms with Gasteiger partial charge in [-0.1, -0.05) is 30.3 Å². The summed E-state index contributed by atoms with van der Waals surface area (Å²) in [7, 11) is 0. The number of rotatable bonds is 3. The maximum atomic E-state index is 5.42. The van der Waals surface area contributed by atoms with Crippen molar-refractivity contribution >= 4 is 5.82 Å². The molecule has 0 fully saturated rings. The third kappa shape index (κ3) is 2.67. The minimum atomic E-state index is 0.391. The molecule has 2 N–H and O–H groups in total. The van der Waals surface area contributed by atoms with E-state index in [0.717, 1.165) is 5.56 Å². The standard InChI is InChI=1S/C11H11N3O/c12-10-6-7-11(14-13-10)15-8-9-4-2-1-3-5-9/h1-7H,8H2,(H2,12,13). The van der Waals surface area contributed by atoms with Gasteiger partial charge < -0.3 is 10.5 Å². The zero-order chi connectivity index (χ0) is 10.5. The molecular weight excluding hydrogens is 190 g/mol. The molecule has 0 spiro atoms. The minimum absolute atomic E-state index is 0.391. The molecule has 0 saturated heterocycles. The Balaban J connectivity index is 1.96. The summed E-state index contributed by atoms with van der Waals surface area (Å²) in [6, 6.07) is 13.2. The number of benzene rings is 1. The maximum Gasteiger partial charge on any atom is 0.233 e. The van der Waals surface area contributed by atoms with E-state index in [0.29, 0.717) is 18.3 Å². The Morgan fingerprint density at radius 2 is 1.80 bits per heavy atom. The van der Waals surface area contributed by atoms with Crippen molar-refractivity contribution in [3.05, 3.63) is 48.0 Å². The molecule has 2 rings (SSSR count). The molecule has 0 unspecified atom stereocenters. The summed E-state index contributed by atoms with van der Waals surface area (Å²) < 4.78 is 5.42. The van der Waals surface area contributed by atoms with Gasteiger partial charge in [0, 0.05) is 6.07 Å². The van der Waals surface area contributed by atoms with Crippen LogP contribution in [0.1, 0.15) is 5.56 Å². The van der Waals surface area contributed by atoms with Gasteiger partial charge in [0.05, 0.1) is 0 Å². The monoisotopic (exact) mass is 201 g/mol. The average molecular weight is 201 g/mol. The van der Waals surface area contributed by atoms with Crippen LogP contribution in [0.15, 0.2) is 42.5 Å². The van der Waals surface area contributed by atoms with Crippen molar-refractivity contribution in [2.45, 2.75) is 6.61 Å². The fraction of sp³-hybridized carbons (Fsp3) is 0.0909. The number of nitrogen functional groups attached to an aromatic ring is 1. The number of aromatic nitrogens is 2. The van der Waals surface area contributed by atoms with Gasteiger partial charge in [-0.25, -0.2) is 0 Å². The van der Waals surface area contributed by atoms with Crippen molar-refractivity contribution in [3.63, 3.8) is 0 Å². The predicted molar refractivity (Wildman–Crippen MR) is 57.2 cm³/mol. The second-order valence-corrected chi connectivity index (χ2v) is 3.07. The van der Waals surface area contributed by atoms with E-state index in [1.165, 1.54) is 0 Å². The SMILES string of the molecule is Nc1ccc(OCc2ccccc2)nn1. The van der Waals surface area contributed by atoms with Gasteiger partial charge in [0.2, 0.25) is 5.88 Å². The highest BCUT2D eigenvalue weighted by Gasteiger charge is 1.96. The zero-order valence-corrected chi connectivity index (χ0v) is 8.13. The number of hydrogen-bond donors (Lipinski definition) is 1. The molecule has 1 aromatic heterocycles. The molecule has 0 aliphatic heterocycles. The van der Waals surface area contributed by atoms with Crippen LogP contribution < -0.4 is 10.5 Å². The molecule has 0 bridgehead atoms. The van der Waals surface area contributed by atoms with Crippen LogP contribution in [-0.2, 0) is 6.61 Å². The van der Waals surface area contributed by atoms with E-state index < -0.39 is 0 Å². The van der Waals surface area contributed by atoms with Crippen LogP contribution in [0.4, 0.5) is 5.82 Å². The third-order valence-electron chi connectivity index (χ3n) is 1.89. The Labute approximate surface area is 87.7 Å². The number of hydrogen-bond acceptors (Lipinski definition) is 4. The molecule has 0 radical (unpaired) electrons. The van der Waals surface area contributed by atoms with Crippen LogP contribution >= 0.6 is 0 Å². The lowest BCUT2D eigenvalue weighted by Gasteiger charge is -2.03. The molecular formula is C11H11N3O. The average Bonchev–Trinajstić information content (AvgIpc) is 2.30. The Morgan fingerprint density at radius 3 is 2.47 bits per heavy atom. The number of nitrogens with two attached hydrogens (primary N) is 1. The maximum absolute atomic E-state index is 5.42. The molecule has 1 heterocycles. The highest BCUT2D eigenvalue weighted by atomic mass is 16.5. The van der Waals surface area contributed by atoms with E-state index >= 15 is 0 Å². The van der Waals surface area contributed by atoms with Gasteiger partial charge >= 0.3 is 0 Å². The van der Waals surface area contributed by atoms with Crippen LogP contribution in [0.3, 0.4) is 0 Å². The Bertz CT molecular complexity index is 414. The zero-order valence-electron chi connectivity index (χ0n) is 8.13. The van der Waals surface area contributed by atoms with Crippen LogP contribution in [0, 0.1) is 0 Å². The minimum Gasteiger partial charge on any atom is -0.472 e. The molecule has 0 aliphatic rings. The first kappa shape index (κ1) is 9.45. The summed E-state index contributed by atoms with van der Waals surface area (Å²) in [4.78, 5) is 0. The topological polar surface area (TPSA) is 61.0 Å². The number of anilines is 1. The van der Waals surface area contributed by atoms with Gasteiger partial charge in [-0.15, -0.1) is 10.2 Å². The first-order valence-corrected chi connectivity index (χ1v) is 4.60. The summed E-state index contributed by atoms with van der Waals surface area (Å²) in [5.74, 6) is 0.870. The fourth-order valence-corrected chi connectivity index (χ4v) is 1.14. The van der Waals surface area contributed by atoms with Crippen molar-refractivity contribution in [2.24, 2.45) is 0 Å². The highest BCUT2D eigenvalue weighted by molar-refractivity contribution is 5.27. The molecule has 0 saturated carbocycles. The van der Waals surface area contributed by atoms with Crippen LogP contribution in [0.25, 0.3) is 0 Å². The van der Waals surface area contributed by atoms with Gasteiger partial charge in [0.1, 0.15) is 12.4 Å². The van der Waals surface area contributed by atoms with Gasteiger partial charge in [-0.2, -0.15) is 0 Å². The molecule has 2 aromatic rings. The lowest BCUT2D eigenvalue weighted by atomic mass is 10.2. The van der Waals surface area contributed by atoms with Crippen LogP contribution in [-0.4, -0.2) is 10.2 Å². The summed E-state index contributed by atoms with van der Waals surface area (Å²) in [5.41, 5.74) is 6.50. The quantitative estimate of drug-likeness (QED) is 0.820. The second kappa shape index (κ2) is 4.41. The van der Waals surface area contributed by atoms with Crippen molar-refractivity contribution < 1.29 is 4.74 Å². The molecule has 0 aliphatic carbocycles. The van der Waals surface area contributed by atoms with E-state index in [1.807, 2.05) is 30.3 Å². The van der Waals surface area contributed by atoms with Gasteiger partial charge in [0.25, 0.3) is 0 Å². The predicted octanol–water partition coefficient (Wildman–Crippen LogP) is 1.64. The molecule has 1 aromatic carbocycles. The lowest BCUT2D eigenvalue weighted by Crippen LogP contribution is -1.99. The van der Waals surface area contributed by atoms with E-state index in [1.54, 1.807) is 12.1 Å². The molecule has 76 valence electrons. The molecule has 0 amide bonds. The summed E-state index contributed by atoms with van der Waals surface area (Å²) in [6.07, 6.45) is 0. The van der Waals surface area contributed by atoms with Gasteiger partial charge in [-0.3, -0.25) is 0 Å². The molecule has 4 heteroatoms. The first-order chi connectivity index (χ1) is 7.34. The van der Waals surface area contributed by atoms with E-state index in [4.69, 9.17) is 10.5 Å². The second-order valence-electron chi connectivity index (χ2n) is 3.07. The first-order valence-electron chi connectivity index (χ1n) is 4.60. The molecule has 4 nitrogen and oxygen atoms in total. The lowest BCUT2D eigenvalue weighted by molar-refractivity contribution is 0.290. The van der Waals surface area contributed by atoms with Crippen molar-refractivity contribution in [1.29, 1.82) is 0 Å². The summed E-state index contributed by atoms with van der Waals surface area (Å²) in [6.45, 7) is 0.486. The van der Waals surface area contributed by atoms with Crippen molar-refractivity contribution in [2.75, 3.05) is 5.73 Å². The summed E-state index contributed by atoms with van der Waals surface area (Å²) in [5, 5.41) is 7.49. The van der Waals surface area contributed by atoms with Crippen molar-refractivity contribution in [1.82, 2.24) is 10.2 Å². The molecule has 0 atom stereocenters. The fourth-order valence-electron chi connectivity index (χ4n) is 1.14. The van der Waals surface area contributed by atoms with E-state index in [-0.39, 0.29) is 0 Å². The normalized spacial score (nSPS) is 9.87. The smallest absolute Gasteiger partial charge is 0.233 e. The molecule has 15 heavy (non-hydrogen) atoms. The van der Waals surface area contributed by atoms with Crippen LogP contribution in [0.5, 0.6) is 5.88 Å². The largest absolute Gasteiger partial charge is 0.472 e. The Kier molecular flexibility index (Phi) is 2.78. The number of ether oxygens (including phenoxy) is 1. The number of nitrogens with zero attached hydrogens (tertiary/aromatic N) is 2. The van der Waals surface area contributed by atoms with E-state index in [2.05, 4.69) is 10.2 Å². The van der Waals surface area contributed by atoms with E-state index in [9.17, 15) is 0 Å². The van der Waals surface area contributed by atoms with Gasteiger partial charge in [-0.05, 0) is 11.6 Å². The Morgan fingerprint density at radius 1 is 1.00 bits per heavy atom. The van der Waals surface area contributed by atoms with Crippen molar-refractivity contribution in [3.8, 4) is 5.88 Å². The van der Waals surface area contributed by atoms with Gasteiger partial charge in [0.15, 0.2) is 0 Å². The third-order valence-corrected chi connectivity index (χ3v) is 1.89. The Hall–Kier alpha value is -2.10.